The van der Waals surface area contributed by atoms with Gasteiger partial charge in [0.05, 0.1) is 0 Å². The highest BCUT2D eigenvalue weighted by atomic mass is 35.5. The number of benzene rings is 1. The second-order valence-corrected chi connectivity index (χ2v) is 7.26. The van der Waals surface area contributed by atoms with Gasteiger partial charge in [0.1, 0.15) is 18.0 Å². The number of hydrogen-bond acceptors (Lipinski definition) is 6. The van der Waals surface area contributed by atoms with Gasteiger partial charge in [-0.2, -0.15) is 10.1 Å². The Morgan fingerprint density at radius 3 is 2.73 bits per heavy atom. The standard InChI is InChI=1S/C21H17ClN8/c1-29-21(24-13-25-29)26-18-11-15(5-7-23-18)16-6-8-30-19(27-28-20(30)12-16)10-14-3-2-4-17(22)9-14/h2-9,11-13H,10H2,1H3,(H,23,24,25,26). The molecule has 0 bridgehead atoms. The van der Waals surface area contributed by atoms with E-state index >= 15 is 0 Å². The zero-order valence-electron chi connectivity index (χ0n) is 16.1. The number of anilines is 2. The molecular formula is C21H17ClN8. The van der Waals surface area contributed by atoms with Crippen LogP contribution in [0.5, 0.6) is 0 Å². The molecule has 5 aromatic rings. The largest absolute Gasteiger partial charge is 0.309 e. The number of aryl methyl sites for hydroxylation is 1. The van der Waals surface area contributed by atoms with Crippen molar-refractivity contribution in [2.24, 2.45) is 7.05 Å². The molecule has 0 atom stereocenters. The lowest BCUT2D eigenvalue weighted by molar-refractivity contribution is 0.775. The topological polar surface area (TPSA) is 85.8 Å². The van der Waals surface area contributed by atoms with Crippen molar-refractivity contribution >= 4 is 29.0 Å². The summed E-state index contributed by atoms with van der Waals surface area (Å²) in [5.74, 6) is 2.17. The molecule has 0 saturated carbocycles. The molecule has 30 heavy (non-hydrogen) atoms. The first-order chi connectivity index (χ1) is 14.7. The van der Waals surface area contributed by atoms with E-state index < -0.39 is 0 Å². The van der Waals surface area contributed by atoms with Gasteiger partial charge in [0.2, 0.25) is 5.95 Å². The zero-order chi connectivity index (χ0) is 20.5. The van der Waals surface area contributed by atoms with Gasteiger partial charge in [0, 0.05) is 30.9 Å². The number of hydrogen-bond donors (Lipinski definition) is 1. The van der Waals surface area contributed by atoms with Gasteiger partial charge in [-0.15, -0.1) is 10.2 Å². The van der Waals surface area contributed by atoms with Crippen molar-refractivity contribution in [3.63, 3.8) is 0 Å². The van der Waals surface area contributed by atoms with Gasteiger partial charge in [-0.3, -0.25) is 4.40 Å². The van der Waals surface area contributed by atoms with Crippen LogP contribution in [0.2, 0.25) is 5.02 Å². The van der Waals surface area contributed by atoms with Crippen molar-refractivity contribution in [2.75, 3.05) is 5.32 Å². The third-order valence-electron chi connectivity index (χ3n) is 4.78. The van der Waals surface area contributed by atoms with Crippen molar-refractivity contribution in [1.82, 2.24) is 34.3 Å². The van der Waals surface area contributed by atoms with Crippen LogP contribution in [0, 0.1) is 0 Å². The first kappa shape index (κ1) is 18.3. The summed E-state index contributed by atoms with van der Waals surface area (Å²) in [5, 5.41) is 16.6. The van der Waals surface area contributed by atoms with E-state index in [4.69, 9.17) is 11.6 Å². The molecule has 1 N–H and O–H groups in total. The molecule has 0 amide bonds. The van der Waals surface area contributed by atoms with E-state index in [1.807, 2.05) is 66.2 Å². The molecule has 1 aromatic carbocycles. The first-order valence-electron chi connectivity index (χ1n) is 9.31. The third-order valence-corrected chi connectivity index (χ3v) is 5.01. The normalized spacial score (nSPS) is 11.1. The summed E-state index contributed by atoms with van der Waals surface area (Å²) in [6.07, 6.45) is 5.89. The molecule has 0 radical (unpaired) electrons. The Bertz CT molecular complexity index is 1340. The highest BCUT2D eigenvalue weighted by molar-refractivity contribution is 6.30. The predicted octanol–water partition coefficient (Wildman–Crippen LogP) is 3.91. The molecule has 4 heterocycles. The van der Waals surface area contributed by atoms with Crippen LogP contribution in [0.25, 0.3) is 16.8 Å². The Morgan fingerprint density at radius 1 is 1.00 bits per heavy atom. The second-order valence-electron chi connectivity index (χ2n) is 6.83. The molecule has 0 fully saturated rings. The molecule has 0 aliphatic rings. The van der Waals surface area contributed by atoms with E-state index in [-0.39, 0.29) is 0 Å². The van der Waals surface area contributed by atoms with E-state index in [0.717, 1.165) is 28.2 Å². The molecule has 0 unspecified atom stereocenters. The molecule has 9 heteroatoms. The quantitative estimate of drug-likeness (QED) is 0.467. The van der Waals surface area contributed by atoms with Crippen LogP contribution in [-0.4, -0.2) is 34.3 Å². The maximum atomic E-state index is 6.10. The van der Waals surface area contributed by atoms with Crippen LogP contribution >= 0.6 is 11.6 Å². The lowest BCUT2D eigenvalue weighted by Crippen LogP contribution is -2.01. The SMILES string of the molecule is Cn1ncnc1Nc1cc(-c2ccn3c(Cc4cccc(Cl)c4)nnc3c2)ccn1. The highest BCUT2D eigenvalue weighted by Gasteiger charge is 2.10. The van der Waals surface area contributed by atoms with Gasteiger partial charge >= 0.3 is 0 Å². The van der Waals surface area contributed by atoms with Crippen LogP contribution in [-0.2, 0) is 13.5 Å². The fourth-order valence-corrected chi connectivity index (χ4v) is 3.49. The summed E-state index contributed by atoms with van der Waals surface area (Å²) in [4.78, 5) is 8.53. The minimum absolute atomic E-state index is 0.623. The minimum Gasteiger partial charge on any atom is -0.309 e. The monoisotopic (exact) mass is 416 g/mol. The Balaban J connectivity index is 1.43. The zero-order valence-corrected chi connectivity index (χ0v) is 16.8. The van der Waals surface area contributed by atoms with E-state index in [1.54, 1.807) is 10.9 Å². The smallest absolute Gasteiger partial charge is 0.226 e. The second kappa shape index (κ2) is 7.57. The van der Waals surface area contributed by atoms with Crippen LogP contribution in [0.4, 0.5) is 11.8 Å². The summed E-state index contributed by atoms with van der Waals surface area (Å²) in [6, 6.07) is 15.7. The van der Waals surface area contributed by atoms with E-state index in [9.17, 15) is 0 Å². The van der Waals surface area contributed by atoms with Crippen molar-refractivity contribution in [1.29, 1.82) is 0 Å². The molecule has 0 aliphatic heterocycles. The number of rotatable bonds is 5. The fourth-order valence-electron chi connectivity index (χ4n) is 3.27. The average Bonchev–Trinajstić information content (AvgIpc) is 3.34. The molecule has 8 nitrogen and oxygen atoms in total. The maximum absolute atomic E-state index is 6.10. The van der Waals surface area contributed by atoms with Gasteiger partial charge in [-0.1, -0.05) is 23.7 Å². The van der Waals surface area contributed by atoms with Crippen LogP contribution in [0.1, 0.15) is 11.4 Å². The number of pyridine rings is 2. The lowest BCUT2D eigenvalue weighted by atomic mass is 10.1. The maximum Gasteiger partial charge on any atom is 0.226 e. The number of nitrogens with one attached hydrogen (secondary N) is 1. The van der Waals surface area contributed by atoms with Crippen molar-refractivity contribution in [3.05, 3.63) is 83.7 Å². The molecule has 148 valence electrons. The molecule has 4 aromatic heterocycles. The minimum atomic E-state index is 0.623. The van der Waals surface area contributed by atoms with Crippen LogP contribution in [0.3, 0.4) is 0 Å². The Labute approximate surface area is 177 Å². The van der Waals surface area contributed by atoms with E-state index in [1.165, 1.54) is 6.33 Å². The third kappa shape index (κ3) is 3.60. The Hall–Kier alpha value is -3.78. The summed E-state index contributed by atoms with van der Waals surface area (Å²) in [7, 11) is 1.82. The van der Waals surface area contributed by atoms with Crippen molar-refractivity contribution in [2.45, 2.75) is 6.42 Å². The summed E-state index contributed by atoms with van der Waals surface area (Å²) >= 11 is 6.10. The van der Waals surface area contributed by atoms with Gasteiger partial charge in [-0.25, -0.2) is 9.67 Å². The lowest BCUT2D eigenvalue weighted by Gasteiger charge is -2.07. The number of aromatic nitrogens is 7. The predicted molar refractivity (Wildman–Crippen MR) is 115 cm³/mol. The molecule has 0 spiro atoms. The fraction of sp³-hybridized carbons (Fsp3) is 0.0952. The van der Waals surface area contributed by atoms with E-state index in [0.29, 0.717) is 23.2 Å². The van der Waals surface area contributed by atoms with E-state index in [2.05, 4.69) is 30.6 Å². The van der Waals surface area contributed by atoms with Crippen molar-refractivity contribution < 1.29 is 0 Å². The Kier molecular flexibility index (Phi) is 4.61. The highest BCUT2D eigenvalue weighted by Crippen LogP contribution is 2.24. The number of fused-ring (bicyclic) bond motifs is 1. The molecular weight excluding hydrogens is 400 g/mol. The van der Waals surface area contributed by atoms with Gasteiger partial charge in [0.25, 0.3) is 0 Å². The summed E-state index contributed by atoms with van der Waals surface area (Å²) < 4.78 is 3.64. The van der Waals surface area contributed by atoms with Gasteiger partial charge in [-0.05, 0) is 53.1 Å². The van der Waals surface area contributed by atoms with Gasteiger partial charge < -0.3 is 5.32 Å². The number of halogens is 1. The summed E-state index contributed by atoms with van der Waals surface area (Å²) in [5.41, 5.74) is 3.91. The first-order valence-corrected chi connectivity index (χ1v) is 9.69. The summed E-state index contributed by atoms with van der Waals surface area (Å²) in [6.45, 7) is 0. The molecule has 0 aliphatic carbocycles. The van der Waals surface area contributed by atoms with Crippen molar-refractivity contribution in [3.8, 4) is 11.1 Å². The van der Waals surface area contributed by atoms with Crippen LogP contribution in [0.15, 0.2) is 67.3 Å². The van der Waals surface area contributed by atoms with Gasteiger partial charge in [0.15, 0.2) is 5.65 Å². The average molecular weight is 417 g/mol. The van der Waals surface area contributed by atoms with Crippen LogP contribution < -0.4 is 5.32 Å². The molecule has 5 rings (SSSR count). The molecule has 0 saturated heterocycles. The number of nitrogens with zero attached hydrogens (tertiary/aromatic N) is 7. The Morgan fingerprint density at radius 2 is 1.90 bits per heavy atom.